The first-order valence-electron chi connectivity index (χ1n) is 15.7. The summed E-state index contributed by atoms with van der Waals surface area (Å²) in [5.74, 6) is 7.71. The lowest BCUT2D eigenvalue weighted by Crippen LogP contribution is -2.16. The first-order chi connectivity index (χ1) is 23.7. The maximum absolute atomic E-state index is 6.39. The van der Waals surface area contributed by atoms with Gasteiger partial charge in [0.15, 0.2) is 57.5 Å². The third-order valence-electron chi connectivity index (χ3n) is 8.27. The van der Waals surface area contributed by atoms with Crippen molar-refractivity contribution in [2.75, 3.05) is 66.1 Å². The highest BCUT2D eigenvalue weighted by Crippen LogP contribution is 2.67. The topological polar surface area (TPSA) is 92.3 Å². The Morgan fingerprint density at radius 3 is 1.10 bits per heavy atom. The Kier molecular flexibility index (Phi) is 7.08. The van der Waals surface area contributed by atoms with Crippen molar-refractivity contribution >= 4 is 56.7 Å². The van der Waals surface area contributed by atoms with Crippen LogP contribution in [0.2, 0.25) is 0 Å². The summed E-state index contributed by atoms with van der Waals surface area (Å²) in [6.45, 7) is 9.18. The van der Waals surface area contributed by atoms with Crippen LogP contribution in [0.1, 0.15) is 24.6 Å². The van der Waals surface area contributed by atoms with Crippen LogP contribution in [0, 0.1) is 0 Å². The van der Waals surface area contributed by atoms with Crippen molar-refractivity contribution in [2.45, 2.75) is 19.8 Å². The van der Waals surface area contributed by atoms with Gasteiger partial charge in [-0.2, -0.15) is 0 Å². The monoisotopic (exact) mass is 744 g/mol. The van der Waals surface area contributed by atoms with Crippen LogP contribution in [-0.4, -0.2) is 66.1 Å². The van der Waals surface area contributed by atoms with Crippen LogP contribution in [0.25, 0.3) is 39.0 Å². The Morgan fingerprint density at radius 2 is 0.688 bits per heavy atom. The van der Waals surface area contributed by atoms with E-state index in [0.717, 1.165) is 78.4 Å². The summed E-state index contributed by atoms with van der Waals surface area (Å²) < 4.78 is 62.4. The quantitative estimate of drug-likeness (QED) is 0.174. The zero-order chi connectivity index (χ0) is 31.9. The number of rotatable bonds is 5. The molecule has 0 atom stereocenters. The SMILES string of the molecule is CC(C)c1sc(-c2sc(-c3sc(-c4sc(-c5scc6c5OCCO6)c5c4OCCO5)c4c3OCCO4)c3c2OCCO3)c2c1OCCO2. The van der Waals surface area contributed by atoms with Gasteiger partial charge in [-0.3, -0.25) is 0 Å². The number of hydrogen-bond acceptors (Lipinski definition) is 15. The maximum atomic E-state index is 6.39. The molecule has 10 nitrogen and oxygen atoms in total. The van der Waals surface area contributed by atoms with Crippen molar-refractivity contribution in [2.24, 2.45) is 0 Å². The van der Waals surface area contributed by atoms with Gasteiger partial charge < -0.3 is 47.4 Å². The van der Waals surface area contributed by atoms with Crippen molar-refractivity contribution in [3.05, 3.63) is 10.3 Å². The summed E-state index contributed by atoms with van der Waals surface area (Å²) in [4.78, 5) is 8.77. The lowest BCUT2D eigenvalue weighted by Gasteiger charge is -2.19. The van der Waals surface area contributed by atoms with Crippen molar-refractivity contribution in [3.8, 4) is 96.5 Å². The van der Waals surface area contributed by atoms with Crippen LogP contribution in [-0.2, 0) is 0 Å². The Bertz CT molecular complexity index is 2060. The van der Waals surface area contributed by atoms with Crippen LogP contribution in [0.15, 0.2) is 5.38 Å². The van der Waals surface area contributed by atoms with E-state index >= 15 is 0 Å². The average molecular weight is 745 g/mol. The van der Waals surface area contributed by atoms with Crippen LogP contribution in [0.5, 0.6) is 57.5 Å². The molecule has 0 amide bonds. The normalized spacial score (nSPS) is 17.1. The second-order valence-electron chi connectivity index (χ2n) is 11.6. The zero-order valence-corrected chi connectivity index (χ0v) is 29.9. The molecule has 5 aliphatic heterocycles. The minimum Gasteiger partial charge on any atom is -0.485 e. The molecule has 0 radical (unpaired) electrons. The van der Waals surface area contributed by atoms with E-state index in [4.69, 9.17) is 47.4 Å². The first kappa shape index (κ1) is 29.4. The highest BCUT2D eigenvalue weighted by atomic mass is 32.1. The molecular formula is C33H28O10S5. The summed E-state index contributed by atoms with van der Waals surface area (Å²) in [5.41, 5.74) is 0. The molecule has 250 valence electrons. The van der Waals surface area contributed by atoms with E-state index < -0.39 is 0 Å². The molecular weight excluding hydrogens is 717 g/mol. The van der Waals surface area contributed by atoms with Gasteiger partial charge in [0.1, 0.15) is 66.1 Å². The molecule has 10 rings (SSSR count). The van der Waals surface area contributed by atoms with E-state index in [1.165, 1.54) is 0 Å². The molecule has 48 heavy (non-hydrogen) atoms. The highest BCUT2D eigenvalue weighted by Gasteiger charge is 2.39. The molecule has 0 unspecified atom stereocenters. The fourth-order valence-corrected chi connectivity index (χ4v) is 12.5. The van der Waals surface area contributed by atoms with Gasteiger partial charge >= 0.3 is 0 Å². The van der Waals surface area contributed by atoms with Crippen molar-refractivity contribution in [3.63, 3.8) is 0 Å². The Balaban J connectivity index is 1.15. The Morgan fingerprint density at radius 1 is 0.375 bits per heavy atom. The number of thiophene rings is 5. The lowest BCUT2D eigenvalue weighted by atomic mass is 10.1. The van der Waals surface area contributed by atoms with Crippen LogP contribution in [0.4, 0.5) is 0 Å². The predicted molar refractivity (Wildman–Crippen MR) is 187 cm³/mol. The second-order valence-corrected chi connectivity index (χ2v) is 16.6. The summed E-state index contributed by atoms with van der Waals surface area (Å²) in [7, 11) is 0. The third-order valence-corrected chi connectivity index (χ3v) is 14.8. The van der Waals surface area contributed by atoms with Gasteiger partial charge in [0.05, 0.1) is 43.9 Å². The van der Waals surface area contributed by atoms with E-state index in [1.807, 2.05) is 5.38 Å². The number of hydrogen-bond donors (Lipinski definition) is 0. The molecule has 0 bridgehead atoms. The van der Waals surface area contributed by atoms with Gasteiger partial charge in [0, 0.05) is 5.38 Å². The molecule has 0 aliphatic carbocycles. The average Bonchev–Trinajstić information content (AvgIpc) is 3.95. The molecule has 0 N–H and O–H groups in total. The Labute approximate surface area is 295 Å². The zero-order valence-electron chi connectivity index (χ0n) is 25.8. The summed E-state index contributed by atoms with van der Waals surface area (Å²) in [5, 5.41) is 1.99. The fourth-order valence-electron chi connectivity index (χ4n) is 6.27. The third kappa shape index (κ3) is 4.43. The minimum absolute atomic E-state index is 0.288. The molecule has 0 fully saturated rings. The molecule has 5 aliphatic rings. The van der Waals surface area contributed by atoms with Crippen molar-refractivity contribution in [1.82, 2.24) is 0 Å². The van der Waals surface area contributed by atoms with Gasteiger partial charge in [-0.25, -0.2) is 0 Å². The van der Waals surface area contributed by atoms with E-state index in [2.05, 4.69) is 13.8 Å². The predicted octanol–water partition coefficient (Wildman–Crippen LogP) is 8.64. The van der Waals surface area contributed by atoms with Gasteiger partial charge in [0.25, 0.3) is 0 Å². The van der Waals surface area contributed by atoms with Gasteiger partial charge in [-0.05, 0) is 5.92 Å². The van der Waals surface area contributed by atoms with E-state index in [0.29, 0.717) is 89.1 Å². The Hall–Kier alpha value is -3.50. The number of ether oxygens (including phenoxy) is 10. The van der Waals surface area contributed by atoms with E-state index in [1.54, 1.807) is 56.7 Å². The van der Waals surface area contributed by atoms with Gasteiger partial charge in [-0.15, -0.1) is 56.7 Å². The van der Waals surface area contributed by atoms with E-state index in [9.17, 15) is 0 Å². The fraction of sp³-hybridized carbons (Fsp3) is 0.394. The van der Waals surface area contributed by atoms with E-state index in [-0.39, 0.29) is 5.92 Å². The van der Waals surface area contributed by atoms with Crippen molar-refractivity contribution in [1.29, 1.82) is 0 Å². The largest absolute Gasteiger partial charge is 0.485 e. The summed E-state index contributed by atoms with van der Waals surface area (Å²) in [6.07, 6.45) is 0. The van der Waals surface area contributed by atoms with Crippen LogP contribution >= 0.6 is 56.7 Å². The maximum Gasteiger partial charge on any atom is 0.181 e. The van der Waals surface area contributed by atoms with Crippen LogP contribution < -0.4 is 47.4 Å². The van der Waals surface area contributed by atoms with Crippen LogP contribution in [0.3, 0.4) is 0 Å². The highest BCUT2D eigenvalue weighted by molar-refractivity contribution is 7.31. The molecule has 0 saturated carbocycles. The summed E-state index contributed by atoms with van der Waals surface area (Å²) in [6, 6.07) is 0. The standard InChI is InChI=1S/C33H28O10S5/c1-14(2)25-17-18(37-6-5-36-17)28(45-25)29-21-22(41-10-9-40-21)32(47-29)33-24-23(42-11-12-43-24)31(48-33)30-20-19(38-7-8-39-20)27(46-30)26-16-15(13-44-26)34-3-4-35-16/h13-14H,3-12H2,1-2H3. The first-order valence-corrected chi connectivity index (χ1v) is 19.9. The smallest absolute Gasteiger partial charge is 0.181 e. The molecule has 0 saturated heterocycles. The van der Waals surface area contributed by atoms with Crippen molar-refractivity contribution < 1.29 is 47.4 Å². The molecule has 5 aromatic rings. The molecule has 10 heterocycles. The lowest BCUT2D eigenvalue weighted by molar-refractivity contribution is 0.170. The summed E-state index contributed by atoms with van der Waals surface area (Å²) >= 11 is 8.13. The molecule has 5 aromatic heterocycles. The van der Waals surface area contributed by atoms with Gasteiger partial charge in [-0.1, -0.05) is 13.8 Å². The second kappa shape index (κ2) is 11.5. The van der Waals surface area contributed by atoms with Gasteiger partial charge in [0.2, 0.25) is 0 Å². The molecule has 15 heteroatoms. The molecule has 0 spiro atoms. The minimum atomic E-state index is 0.288. The molecule has 0 aromatic carbocycles. The number of fused-ring (bicyclic) bond motifs is 5.